The highest BCUT2D eigenvalue weighted by Crippen LogP contribution is 2.25. The van der Waals surface area contributed by atoms with Crippen LogP contribution >= 0.6 is 0 Å². The van der Waals surface area contributed by atoms with Crippen molar-refractivity contribution in [3.8, 4) is 11.5 Å². The first kappa shape index (κ1) is 16.6. The fourth-order valence-electron chi connectivity index (χ4n) is 2.71. The number of hydrogen-bond donors (Lipinski definition) is 1. The Hall–Kier alpha value is -1.79. The lowest BCUT2D eigenvalue weighted by Crippen LogP contribution is -2.32. The second-order valence-corrected chi connectivity index (χ2v) is 5.49. The molecule has 1 N–H and O–H groups in total. The van der Waals surface area contributed by atoms with Gasteiger partial charge in [-0.3, -0.25) is 9.69 Å². The van der Waals surface area contributed by atoms with E-state index in [4.69, 9.17) is 14.2 Å². The van der Waals surface area contributed by atoms with Crippen LogP contribution in [-0.4, -0.2) is 58.4 Å². The molecule has 2 rings (SSSR count). The van der Waals surface area contributed by atoms with Crippen LogP contribution in [-0.2, 0) is 9.53 Å². The van der Waals surface area contributed by atoms with Crippen molar-refractivity contribution in [2.75, 3.05) is 52.9 Å². The average Bonchev–Trinajstić information content (AvgIpc) is 2.94. The molecule has 1 atom stereocenters. The lowest BCUT2D eigenvalue weighted by atomic mass is 10.1. The standard InChI is InChI=1S/C16H24N2O4/c1-20-11-12-4-5-18(9-12)10-16(19)17-13-6-14(21-2)8-15(7-13)22-3/h6-8,12H,4-5,9-11H2,1-3H3,(H,17,19). The Bertz CT molecular complexity index is 485. The maximum atomic E-state index is 12.2. The van der Waals surface area contributed by atoms with E-state index in [1.807, 2.05) is 0 Å². The number of carbonyl (C=O) groups excluding carboxylic acids is 1. The number of nitrogens with zero attached hydrogens (tertiary/aromatic N) is 1. The van der Waals surface area contributed by atoms with E-state index < -0.39 is 0 Å². The molecule has 1 aliphatic rings. The summed E-state index contributed by atoms with van der Waals surface area (Å²) in [7, 11) is 4.88. The number of hydrogen-bond acceptors (Lipinski definition) is 5. The smallest absolute Gasteiger partial charge is 0.238 e. The van der Waals surface area contributed by atoms with Crippen molar-refractivity contribution in [3.63, 3.8) is 0 Å². The van der Waals surface area contributed by atoms with Crippen LogP contribution in [0.1, 0.15) is 6.42 Å². The molecule has 22 heavy (non-hydrogen) atoms. The molecule has 1 heterocycles. The van der Waals surface area contributed by atoms with Crippen molar-refractivity contribution in [2.45, 2.75) is 6.42 Å². The van der Waals surface area contributed by atoms with E-state index in [9.17, 15) is 4.79 Å². The molecule has 0 aliphatic carbocycles. The van der Waals surface area contributed by atoms with Gasteiger partial charge >= 0.3 is 0 Å². The fraction of sp³-hybridized carbons (Fsp3) is 0.562. The van der Waals surface area contributed by atoms with Crippen LogP contribution in [0.2, 0.25) is 0 Å². The van der Waals surface area contributed by atoms with E-state index in [0.29, 0.717) is 29.6 Å². The number of nitrogens with one attached hydrogen (secondary N) is 1. The number of likely N-dealkylation sites (tertiary alicyclic amines) is 1. The lowest BCUT2D eigenvalue weighted by molar-refractivity contribution is -0.117. The second kappa shape index (κ2) is 8.00. The number of amides is 1. The van der Waals surface area contributed by atoms with Crippen LogP contribution in [0.4, 0.5) is 5.69 Å². The summed E-state index contributed by atoms with van der Waals surface area (Å²) < 4.78 is 15.6. The Morgan fingerprint density at radius 1 is 1.23 bits per heavy atom. The fourth-order valence-corrected chi connectivity index (χ4v) is 2.71. The first-order chi connectivity index (χ1) is 10.6. The summed E-state index contributed by atoms with van der Waals surface area (Å²) in [4.78, 5) is 14.3. The molecule has 0 radical (unpaired) electrons. The minimum atomic E-state index is -0.0339. The van der Waals surface area contributed by atoms with Crippen LogP contribution in [0, 0.1) is 5.92 Å². The Morgan fingerprint density at radius 3 is 2.50 bits per heavy atom. The van der Waals surface area contributed by atoms with E-state index in [1.54, 1.807) is 39.5 Å². The predicted molar refractivity (Wildman–Crippen MR) is 84.6 cm³/mol. The van der Waals surface area contributed by atoms with Gasteiger partial charge in [-0.25, -0.2) is 0 Å². The van der Waals surface area contributed by atoms with Crippen LogP contribution < -0.4 is 14.8 Å². The molecule has 1 fully saturated rings. The maximum Gasteiger partial charge on any atom is 0.238 e. The number of rotatable bonds is 7. The second-order valence-electron chi connectivity index (χ2n) is 5.49. The highest BCUT2D eigenvalue weighted by atomic mass is 16.5. The summed E-state index contributed by atoms with van der Waals surface area (Å²) in [6.45, 7) is 2.98. The van der Waals surface area contributed by atoms with Gasteiger partial charge in [0.25, 0.3) is 0 Å². The van der Waals surface area contributed by atoms with E-state index in [1.165, 1.54) is 0 Å². The molecule has 122 valence electrons. The third kappa shape index (κ3) is 4.61. The summed E-state index contributed by atoms with van der Waals surface area (Å²) in [6, 6.07) is 5.32. The topological polar surface area (TPSA) is 60.0 Å². The number of benzene rings is 1. The van der Waals surface area contributed by atoms with Crippen molar-refractivity contribution >= 4 is 11.6 Å². The van der Waals surface area contributed by atoms with Crippen LogP contribution in [0.15, 0.2) is 18.2 Å². The zero-order valence-electron chi connectivity index (χ0n) is 13.4. The van der Waals surface area contributed by atoms with Gasteiger partial charge in [0.1, 0.15) is 11.5 Å². The van der Waals surface area contributed by atoms with E-state index in [2.05, 4.69) is 10.2 Å². The van der Waals surface area contributed by atoms with Crippen LogP contribution in [0.25, 0.3) is 0 Å². The third-order valence-corrected chi connectivity index (χ3v) is 3.77. The van der Waals surface area contributed by atoms with Gasteiger partial charge in [-0.2, -0.15) is 0 Å². The van der Waals surface area contributed by atoms with Crippen molar-refractivity contribution in [1.29, 1.82) is 0 Å². The Balaban J connectivity index is 1.89. The van der Waals surface area contributed by atoms with E-state index in [-0.39, 0.29) is 5.91 Å². The predicted octanol–water partition coefficient (Wildman–Crippen LogP) is 1.61. The third-order valence-electron chi connectivity index (χ3n) is 3.77. The van der Waals surface area contributed by atoms with Crippen molar-refractivity contribution in [1.82, 2.24) is 4.90 Å². The summed E-state index contributed by atoms with van der Waals surface area (Å²) in [5, 5.41) is 2.89. The SMILES string of the molecule is COCC1CCN(CC(=O)Nc2cc(OC)cc(OC)c2)C1. The van der Waals surface area contributed by atoms with Gasteiger partial charge < -0.3 is 19.5 Å². The quantitative estimate of drug-likeness (QED) is 0.829. The molecule has 6 nitrogen and oxygen atoms in total. The summed E-state index contributed by atoms with van der Waals surface area (Å²) in [6.07, 6.45) is 1.08. The van der Waals surface area contributed by atoms with Gasteiger partial charge in [0.2, 0.25) is 5.91 Å². The number of ether oxygens (including phenoxy) is 3. The molecular weight excluding hydrogens is 284 g/mol. The number of anilines is 1. The zero-order chi connectivity index (χ0) is 15.9. The zero-order valence-corrected chi connectivity index (χ0v) is 13.4. The van der Waals surface area contributed by atoms with E-state index >= 15 is 0 Å². The Morgan fingerprint density at radius 2 is 1.91 bits per heavy atom. The molecular formula is C16H24N2O4. The minimum absolute atomic E-state index is 0.0339. The van der Waals surface area contributed by atoms with Gasteiger partial charge in [0.15, 0.2) is 0 Å². The molecule has 1 aromatic rings. The molecule has 0 saturated carbocycles. The van der Waals surface area contributed by atoms with Crippen molar-refractivity contribution < 1.29 is 19.0 Å². The van der Waals surface area contributed by atoms with Crippen LogP contribution in [0.3, 0.4) is 0 Å². The molecule has 1 aliphatic heterocycles. The van der Waals surface area contributed by atoms with Gasteiger partial charge in [-0.1, -0.05) is 0 Å². The summed E-state index contributed by atoms with van der Waals surface area (Å²) >= 11 is 0. The molecule has 0 spiro atoms. The first-order valence-electron chi connectivity index (χ1n) is 7.38. The van der Waals surface area contributed by atoms with Gasteiger partial charge in [0, 0.05) is 37.5 Å². The van der Waals surface area contributed by atoms with Crippen LogP contribution in [0.5, 0.6) is 11.5 Å². The molecule has 0 bridgehead atoms. The molecule has 0 aromatic heterocycles. The van der Waals surface area contributed by atoms with Gasteiger partial charge in [-0.15, -0.1) is 0 Å². The normalized spacial score (nSPS) is 18.2. The molecule has 6 heteroatoms. The first-order valence-corrected chi connectivity index (χ1v) is 7.38. The largest absolute Gasteiger partial charge is 0.497 e. The maximum absolute atomic E-state index is 12.2. The van der Waals surface area contributed by atoms with Gasteiger partial charge in [-0.05, 0) is 18.9 Å². The highest BCUT2D eigenvalue weighted by molar-refractivity contribution is 5.92. The molecule has 1 amide bonds. The Labute approximate surface area is 131 Å². The van der Waals surface area contributed by atoms with E-state index in [0.717, 1.165) is 26.1 Å². The summed E-state index contributed by atoms with van der Waals surface area (Å²) in [5.41, 5.74) is 0.675. The highest BCUT2D eigenvalue weighted by Gasteiger charge is 2.23. The minimum Gasteiger partial charge on any atom is -0.497 e. The number of methoxy groups -OCH3 is 3. The van der Waals surface area contributed by atoms with Crippen molar-refractivity contribution in [3.05, 3.63) is 18.2 Å². The molecule has 1 unspecified atom stereocenters. The monoisotopic (exact) mass is 308 g/mol. The lowest BCUT2D eigenvalue weighted by Gasteiger charge is -2.16. The number of carbonyl (C=O) groups is 1. The summed E-state index contributed by atoms with van der Waals surface area (Å²) in [5.74, 6) is 1.79. The van der Waals surface area contributed by atoms with Gasteiger partial charge in [0.05, 0.1) is 27.4 Å². The Kier molecular flexibility index (Phi) is 6.03. The average molecular weight is 308 g/mol. The van der Waals surface area contributed by atoms with Crippen molar-refractivity contribution in [2.24, 2.45) is 5.92 Å². The molecule has 1 saturated heterocycles. The molecule has 1 aromatic carbocycles.